The van der Waals surface area contributed by atoms with Crippen LogP contribution in [0.5, 0.6) is 0 Å². The zero-order valence-corrected chi connectivity index (χ0v) is 14.1. The highest BCUT2D eigenvalue weighted by Crippen LogP contribution is 2.24. The number of hydrogen-bond acceptors (Lipinski definition) is 5. The van der Waals surface area contributed by atoms with Gasteiger partial charge >= 0.3 is 6.03 Å². The summed E-state index contributed by atoms with van der Waals surface area (Å²) >= 11 is 0. The lowest BCUT2D eigenvalue weighted by Crippen LogP contribution is -2.59. The molecule has 2 aliphatic heterocycles. The van der Waals surface area contributed by atoms with Crippen LogP contribution in [-0.2, 0) is 14.4 Å². The van der Waals surface area contributed by atoms with Crippen LogP contribution in [0.2, 0.25) is 0 Å². The summed E-state index contributed by atoms with van der Waals surface area (Å²) in [6, 6.07) is 7.89. The van der Waals surface area contributed by atoms with Crippen molar-refractivity contribution in [2.24, 2.45) is 0 Å². The molecule has 0 radical (unpaired) electrons. The number of piperazine rings is 1. The Labute approximate surface area is 149 Å². The molecule has 1 aromatic carbocycles. The molecule has 5 amide bonds. The lowest BCUT2D eigenvalue weighted by molar-refractivity contribution is -0.141. The van der Waals surface area contributed by atoms with Crippen molar-refractivity contribution in [3.05, 3.63) is 29.8 Å². The van der Waals surface area contributed by atoms with Gasteiger partial charge in [-0.15, -0.1) is 0 Å². The predicted octanol–water partition coefficient (Wildman–Crippen LogP) is -0.326. The summed E-state index contributed by atoms with van der Waals surface area (Å²) < 4.78 is 0. The van der Waals surface area contributed by atoms with Crippen LogP contribution in [0.3, 0.4) is 0 Å². The van der Waals surface area contributed by atoms with Gasteiger partial charge in [0.15, 0.2) is 0 Å². The Balaban J connectivity index is 1.73. The zero-order chi connectivity index (χ0) is 18.8. The molecule has 2 saturated heterocycles. The van der Waals surface area contributed by atoms with Crippen LogP contribution in [0.4, 0.5) is 10.5 Å². The van der Waals surface area contributed by atoms with Crippen molar-refractivity contribution in [3.63, 3.8) is 0 Å². The zero-order valence-electron chi connectivity index (χ0n) is 14.1. The lowest BCUT2D eigenvalue weighted by atomic mass is 10.1. The Morgan fingerprint density at radius 1 is 1.27 bits per heavy atom. The van der Waals surface area contributed by atoms with Crippen LogP contribution in [0, 0.1) is 11.3 Å². The van der Waals surface area contributed by atoms with Gasteiger partial charge in [0.2, 0.25) is 11.8 Å². The second-order valence-electron chi connectivity index (χ2n) is 6.14. The summed E-state index contributed by atoms with van der Waals surface area (Å²) in [6.07, 6.45) is 0. The number of para-hydroxylation sites is 1. The maximum absolute atomic E-state index is 12.6. The van der Waals surface area contributed by atoms with Crippen molar-refractivity contribution in [2.75, 3.05) is 31.1 Å². The maximum atomic E-state index is 12.6. The van der Waals surface area contributed by atoms with E-state index >= 15 is 0 Å². The van der Waals surface area contributed by atoms with Gasteiger partial charge in [-0.1, -0.05) is 12.1 Å². The molecule has 1 aromatic rings. The average molecular weight is 355 g/mol. The molecule has 0 unspecified atom stereocenters. The third kappa shape index (κ3) is 3.09. The first kappa shape index (κ1) is 17.4. The summed E-state index contributed by atoms with van der Waals surface area (Å²) in [5.41, 5.74) is 0.889. The van der Waals surface area contributed by atoms with Crippen molar-refractivity contribution in [3.8, 4) is 6.07 Å². The first-order chi connectivity index (χ1) is 12.4. The highest BCUT2D eigenvalue weighted by atomic mass is 16.2. The monoisotopic (exact) mass is 355 g/mol. The molecule has 2 aliphatic rings. The Bertz CT molecular complexity index is 815. The van der Waals surface area contributed by atoms with Gasteiger partial charge < -0.3 is 15.1 Å². The van der Waals surface area contributed by atoms with Crippen LogP contribution in [0.25, 0.3) is 0 Å². The number of imide groups is 1. The van der Waals surface area contributed by atoms with E-state index in [9.17, 15) is 24.4 Å². The van der Waals surface area contributed by atoms with Crippen molar-refractivity contribution in [1.82, 2.24) is 15.1 Å². The van der Waals surface area contributed by atoms with Crippen LogP contribution < -0.4 is 10.2 Å². The van der Waals surface area contributed by atoms with E-state index in [4.69, 9.17) is 0 Å². The molecule has 2 heterocycles. The molecule has 134 valence electrons. The van der Waals surface area contributed by atoms with Crippen molar-refractivity contribution >= 4 is 29.4 Å². The van der Waals surface area contributed by atoms with Crippen LogP contribution >= 0.6 is 0 Å². The minimum Gasteiger partial charge on any atom is -0.329 e. The van der Waals surface area contributed by atoms with Crippen LogP contribution in [0.15, 0.2) is 24.3 Å². The number of hydrogen-bond donors (Lipinski definition) is 1. The number of nitrogens with one attached hydrogen (secondary N) is 1. The molecule has 9 heteroatoms. The van der Waals surface area contributed by atoms with E-state index in [1.165, 1.54) is 9.80 Å². The Kier molecular flexibility index (Phi) is 4.58. The molecular formula is C17H17N5O4. The minimum atomic E-state index is -0.607. The quantitative estimate of drug-likeness (QED) is 0.746. The molecule has 0 spiro atoms. The topological polar surface area (TPSA) is 114 Å². The number of carbonyl (C=O) groups excluding carboxylic acids is 4. The summed E-state index contributed by atoms with van der Waals surface area (Å²) in [5.74, 6) is -1.26. The van der Waals surface area contributed by atoms with E-state index in [-0.39, 0.29) is 31.6 Å². The molecule has 1 N–H and O–H groups in total. The number of nitrogens with zero attached hydrogens (tertiary/aromatic N) is 4. The number of nitriles is 1. The van der Waals surface area contributed by atoms with E-state index in [0.29, 0.717) is 11.3 Å². The standard InChI is InChI=1S/C17H17N5O4/c1-11-8-21(13-5-3-2-4-12(13)6-18)16(25)9-20(11)15(24)10-22-14(23)7-19-17(22)26/h2-5,11H,7-10H2,1H3,(H,19,26)/t11-/m1/s1. The Morgan fingerprint density at radius 3 is 2.65 bits per heavy atom. The van der Waals surface area contributed by atoms with Crippen molar-refractivity contribution < 1.29 is 19.2 Å². The number of rotatable bonds is 3. The van der Waals surface area contributed by atoms with E-state index in [1.807, 2.05) is 0 Å². The Morgan fingerprint density at radius 2 is 2.00 bits per heavy atom. The highest BCUT2D eigenvalue weighted by molar-refractivity contribution is 6.05. The molecule has 26 heavy (non-hydrogen) atoms. The van der Waals surface area contributed by atoms with Crippen molar-refractivity contribution in [1.29, 1.82) is 5.26 Å². The Hall–Kier alpha value is -3.41. The van der Waals surface area contributed by atoms with Gasteiger partial charge in [-0.3, -0.25) is 19.3 Å². The van der Waals surface area contributed by atoms with Gasteiger partial charge in [-0.05, 0) is 19.1 Å². The van der Waals surface area contributed by atoms with Gasteiger partial charge in [0.25, 0.3) is 5.91 Å². The van der Waals surface area contributed by atoms with Gasteiger partial charge in [0.1, 0.15) is 19.2 Å². The number of urea groups is 1. The molecular weight excluding hydrogens is 338 g/mol. The van der Waals surface area contributed by atoms with E-state index in [0.717, 1.165) is 4.90 Å². The normalized spacial score (nSPS) is 20.2. The molecule has 9 nitrogen and oxygen atoms in total. The fourth-order valence-corrected chi connectivity index (χ4v) is 3.06. The third-order valence-electron chi connectivity index (χ3n) is 4.45. The molecule has 2 fully saturated rings. The molecule has 0 bridgehead atoms. The van der Waals surface area contributed by atoms with E-state index < -0.39 is 24.4 Å². The molecule has 0 aliphatic carbocycles. The second kappa shape index (κ2) is 6.84. The number of amides is 5. The van der Waals surface area contributed by atoms with Gasteiger partial charge in [0.05, 0.1) is 17.8 Å². The van der Waals surface area contributed by atoms with E-state index in [1.54, 1.807) is 31.2 Å². The van der Waals surface area contributed by atoms with Gasteiger partial charge in [-0.25, -0.2) is 4.79 Å². The summed E-state index contributed by atoms with van der Waals surface area (Å²) in [5, 5.41) is 11.6. The summed E-state index contributed by atoms with van der Waals surface area (Å²) in [6.45, 7) is 1.31. The largest absolute Gasteiger partial charge is 0.329 e. The summed E-state index contributed by atoms with van der Waals surface area (Å²) in [7, 11) is 0. The summed E-state index contributed by atoms with van der Waals surface area (Å²) in [4.78, 5) is 51.9. The first-order valence-corrected chi connectivity index (χ1v) is 8.09. The maximum Gasteiger partial charge on any atom is 0.325 e. The van der Waals surface area contributed by atoms with E-state index in [2.05, 4.69) is 11.4 Å². The van der Waals surface area contributed by atoms with Gasteiger partial charge in [-0.2, -0.15) is 5.26 Å². The highest BCUT2D eigenvalue weighted by Gasteiger charge is 2.37. The second-order valence-corrected chi connectivity index (χ2v) is 6.14. The molecule has 1 atom stereocenters. The third-order valence-corrected chi connectivity index (χ3v) is 4.45. The predicted molar refractivity (Wildman–Crippen MR) is 89.8 cm³/mol. The fraction of sp³-hybridized carbons (Fsp3) is 0.353. The molecule has 3 rings (SSSR count). The fourth-order valence-electron chi connectivity index (χ4n) is 3.06. The number of benzene rings is 1. The lowest BCUT2D eigenvalue weighted by Gasteiger charge is -2.40. The molecule has 0 aromatic heterocycles. The first-order valence-electron chi connectivity index (χ1n) is 8.09. The molecule has 0 saturated carbocycles. The number of carbonyl (C=O) groups is 4. The average Bonchev–Trinajstić information content (AvgIpc) is 2.95. The SMILES string of the molecule is C[C@@H]1CN(c2ccccc2C#N)C(=O)CN1C(=O)CN1C(=O)CNC1=O. The van der Waals surface area contributed by atoms with Crippen molar-refractivity contribution in [2.45, 2.75) is 13.0 Å². The van der Waals surface area contributed by atoms with Crippen LogP contribution in [0.1, 0.15) is 12.5 Å². The van der Waals surface area contributed by atoms with Crippen LogP contribution in [-0.4, -0.2) is 65.8 Å². The smallest absolute Gasteiger partial charge is 0.325 e. The van der Waals surface area contributed by atoms with Gasteiger partial charge in [0, 0.05) is 12.6 Å². The minimum absolute atomic E-state index is 0.126. The number of anilines is 1.